The summed E-state index contributed by atoms with van der Waals surface area (Å²) in [6.07, 6.45) is 2.15. The molecule has 0 fully saturated rings. The number of benzene rings is 2. The van der Waals surface area contributed by atoms with E-state index < -0.39 is 0 Å². The second kappa shape index (κ2) is 8.06. The average molecular weight is 350 g/mol. The number of likely N-dealkylation sites (N-methyl/N-ethyl adjacent to an activating group) is 1. The number of aryl methyl sites for hydroxylation is 1. The second-order valence-corrected chi connectivity index (χ2v) is 6.74. The van der Waals surface area contributed by atoms with Crippen LogP contribution in [-0.2, 0) is 13.6 Å². The van der Waals surface area contributed by atoms with Gasteiger partial charge in [-0.3, -0.25) is 0 Å². The average Bonchev–Trinajstić information content (AvgIpc) is 2.98. The summed E-state index contributed by atoms with van der Waals surface area (Å²) in [6, 6.07) is 18.2. The van der Waals surface area contributed by atoms with E-state index in [1.807, 2.05) is 50.5 Å². The third kappa shape index (κ3) is 4.06. The van der Waals surface area contributed by atoms with Crippen LogP contribution >= 0.6 is 0 Å². The van der Waals surface area contributed by atoms with Gasteiger partial charge in [0.15, 0.2) is 0 Å². The van der Waals surface area contributed by atoms with E-state index in [1.165, 1.54) is 16.5 Å². The van der Waals surface area contributed by atoms with Crippen molar-refractivity contribution in [2.45, 2.75) is 12.6 Å². The Morgan fingerprint density at radius 3 is 2.46 bits per heavy atom. The summed E-state index contributed by atoms with van der Waals surface area (Å²) in [5, 5.41) is 7.14. The molecule has 0 aliphatic heterocycles. The first-order chi connectivity index (χ1) is 12.6. The standard InChI is InChI=1S/C21H26N4O/c1-24(2)20(18-15-25(3)19-12-8-7-11-17(18)19)14-23-21(26)22-13-16-9-5-4-6-10-16/h4-12,15,20H,13-14H2,1-3H3,(H2,22,23,26). The van der Waals surface area contributed by atoms with Crippen LogP contribution in [0, 0.1) is 0 Å². The molecule has 1 atom stereocenters. The fraction of sp³-hybridized carbons (Fsp3) is 0.286. The normalized spacial score (nSPS) is 12.3. The van der Waals surface area contributed by atoms with E-state index >= 15 is 0 Å². The van der Waals surface area contributed by atoms with Crippen molar-refractivity contribution in [3.05, 3.63) is 71.9 Å². The zero-order chi connectivity index (χ0) is 18.5. The SMILES string of the molecule is CN(C)C(CNC(=O)NCc1ccccc1)c1cn(C)c2ccccc12. The lowest BCUT2D eigenvalue weighted by Gasteiger charge is -2.24. The van der Waals surface area contributed by atoms with Crippen LogP contribution in [0.3, 0.4) is 0 Å². The molecule has 2 amide bonds. The Hall–Kier alpha value is -2.79. The van der Waals surface area contributed by atoms with Gasteiger partial charge in [-0.15, -0.1) is 0 Å². The molecule has 1 unspecified atom stereocenters. The predicted octanol–water partition coefficient (Wildman–Crippen LogP) is 3.28. The third-order valence-corrected chi connectivity index (χ3v) is 4.66. The van der Waals surface area contributed by atoms with E-state index in [9.17, 15) is 4.79 Å². The van der Waals surface area contributed by atoms with E-state index in [0.29, 0.717) is 13.1 Å². The molecule has 0 aliphatic carbocycles. The molecule has 26 heavy (non-hydrogen) atoms. The van der Waals surface area contributed by atoms with E-state index in [4.69, 9.17) is 0 Å². The Morgan fingerprint density at radius 2 is 1.73 bits per heavy atom. The lowest BCUT2D eigenvalue weighted by atomic mass is 10.0. The Morgan fingerprint density at radius 1 is 1.04 bits per heavy atom. The molecule has 0 aliphatic rings. The number of hydrogen-bond donors (Lipinski definition) is 2. The highest BCUT2D eigenvalue weighted by Gasteiger charge is 2.19. The van der Waals surface area contributed by atoms with Gasteiger partial charge in [0.2, 0.25) is 0 Å². The molecule has 5 nitrogen and oxygen atoms in total. The van der Waals surface area contributed by atoms with Crippen molar-refractivity contribution < 1.29 is 4.79 Å². The van der Waals surface area contributed by atoms with E-state index in [2.05, 4.69) is 51.5 Å². The second-order valence-electron chi connectivity index (χ2n) is 6.74. The summed E-state index contributed by atoms with van der Waals surface area (Å²) in [5.41, 5.74) is 3.50. The largest absolute Gasteiger partial charge is 0.350 e. The Bertz CT molecular complexity index is 870. The first-order valence-electron chi connectivity index (χ1n) is 8.82. The number of amides is 2. The zero-order valence-electron chi connectivity index (χ0n) is 15.6. The number of hydrogen-bond acceptors (Lipinski definition) is 2. The van der Waals surface area contributed by atoms with Gasteiger partial charge in [-0.25, -0.2) is 4.79 Å². The molecule has 0 saturated heterocycles. The maximum Gasteiger partial charge on any atom is 0.315 e. The van der Waals surface area contributed by atoms with Crippen LogP contribution in [0.2, 0.25) is 0 Å². The Kier molecular flexibility index (Phi) is 5.58. The van der Waals surface area contributed by atoms with Crippen molar-refractivity contribution in [2.24, 2.45) is 7.05 Å². The molecule has 1 heterocycles. The fourth-order valence-corrected chi connectivity index (χ4v) is 3.24. The van der Waals surface area contributed by atoms with Gasteiger partial charge < -0.3 is 20.1 Å². The highest BCUT2D eigenvalue weighted by Crippen LogP contribution is 2.28. The lowest BCUT2D eigenvalue weighted by molar-refractivity contribution is 0.232. The summed E-state index contributed by atoms with van der Waals surface area (Å²) in [6.45, 7) is 1.06. The van der Waals surface area contributed by atoms with Crippen LogP contribution in [0.4, 0.5) is 4.79 Å². The first-order valence-corrected chi connectivity index (χ1v) is 8.82. The van der Waals surface area contributed by atoms with Crippen LogP contribution in [0.25, 0.3) is 10.9 Å². The maximum absolute atomic E-state index is 12.2. The number of rotatable bonds is 6. The van der Waals surface area contributed by atoms with Crippen molar-refractivity contribution in [1.82, 2.24) is 20.1 Å². The number of fused-ring (bicyclic) bond motifs is 1. The number of carbonyl (C=O) groups excluding carboxylic acids is 1. The molecule has 3 rings (SSSR count). The summed E-state index contributed by atoms with van der Waals surface area (Å²) >= 11 is 0. The van der Waals surface area contributed by atoms with Crippen LogP contribution in [-0.4, -0.2) is 36.1 Å². The van der Waals surface area contributed by atoms with Gasteiger partial charge in [0.05, 0.1) is 6.04 Å². The lowest BCUT2D eigenvalue weighted by Crippen LogP contribution is -2.40. The van der Waals surface area contributed by atoms with E-state index in [-0.39, 0.29) is 12.1 Å². The minimum absolute atomic E-state index is 0.101. The van der Waals surface area contributed by atoms with Crippen molar-refractivity contribution >= 4 is 16.9 Å². The zero-order valence-corrected chi connectivity index (χ0v) is 15.6. The topological polar surface area (TPSA) is 49.3 Å². The third-order valence-electron chi connectivity index (χ3n) is 4.66. The molecule has 1 aromatic heterocycles. The monoisotopic (exact) mass is 350 g/mol. The van der Waals surface area contributed by atoms with E-state index in [1.54, 1.807) is 0 Å². The van der Waals surface area contributed by atoms with E-state index in [0.717, 1.165) is 5.56 Å². The van der Waals surface area contributed by atoms with Gasteiger partial charge in [0.1, 0.15) is 0 Å². The minimum Gasteiger partial charge on any atom is -0.350 e. The van der Waals surface area contributed by atoms with Crippen LogP contribution < -0.4 is 10.6 Å². The smallest absolute Gasteiger partial charge is 0.315 e. The molecule has 0 spiro atoms. The number of carbonyl (C=O) groups is 1. The molecule has 5 heteroatoms. The van der Waals surface area contributed by atoms with Gasteiger partial charge in [-0.05, 0) is 31.3 Å². The highest BCUT2D eigenvalue weighted by atomic mass is 16.2. The van der Waals surface area contributed by atoms with Crippen LogP contribution in [0.5, 0.6) is 0 Å². The van der Waals surface area contributed by atoms with Crippen LogP contribution in [0.15, 0.2) is 60.8 Å². The Labute approximate surface area is 154 Å². The fourth-order valence-electron chi connectivity index (χ4n) is 3.24. The number of para-hydroxylation sites is 1. The van der Waals surface area contributed by atoms with Gasteiger partial charge >= 0.3 is 6.03 Å². The molecule has 2 aromatic carbocycles. The minimum atomic E-state index is -0.152. The molecule has 2 N–H and O–H groups in total. The number of nitrogens with one attached hydrogen (secondary N) is 2. The maximum atomic E-state index is 12.2. The molecular formula is C21H26N4O. The molecule has 3 aromatic rings. The van der Waals surface area contributed by atoms with Gasteiger partial charge in [0.25, 0.3) is 0 Å². The van der Waals surface area contributed by atoms with Crippen molar-refractivity contribution in [2.75, 3.05) is 20.6 Å². The van der Waals surface area contributed by atoms with Crippen LogP contribution in [0.1, 0.15) is 17.2 Å². The Balaban J connectivity index is 1.66. The highest BCUT2D eigenvalue weighted by molar-refractivity contribution is 5.84. The summed E-state index contributed by atoms with van der Waals surface area (Å²) < 4.78 is 2.14. The van der Waals surface area contributed by atoms with Gasteiger partial charge in [-0.2, -0.15) is 0 Å². The van der Waals surface area contributed by atoms with Crippen molar-refractivity contribution in [3.8, 4) is 0 Å². The number of aromatic nitrogens is 1. The summed E-state index contributed by atoms with van der Waals surface area (Å²) in [4.78, 5) is 14.3. The molecule has 136 valence electrons. The predicted molar refractivity (Wildman–Crippen MR) is 106 cm³/mol. The first kappa shape index (κ1) is 18.0. The quantitative estimate of drug-likeness (QED) is 0.717. The van der Waals surface area contributed by atoms with Gasteiger partial charge in [-0.1, -0.05) is 48.5 Å². The number of nitrogens with zero attached hydrogens (tertiary/aromatic N) is 2. The van der Waals surface area contributed by atoms with Crippen molar-refractivity contribution in [1.29, 1.82) is 0 Å². The molecule has 0 saturated carbocycles. The summed E-state index contributed by atoms with van der Waals surface area (Å²) in [5.74, 6) is 0. The molecule has 0 radical (unpaired) electrons. The molecular weight excluding hydrogens is 324 g/mol. The van der Waals surface area contributed by atoms with Gasteiger partial charge in [0, 0.05) is 37.2 Å². The molecule has 0 bridgehead atoms. The summed E-state index contributed by atoms with van der Waals surface area (Å²) in [7, 11) is 6.13. The van der Waals surface area contributed by atoms with Crippen molar-refractivity contribution in [3.63, 3.8) is 0 Å². The number of urea groups is 1.